The number of hydrogen-bond acceptors (Lipinski definition) is 2. The molecule has 4 heteroatoms. The summed E-state index contributed by atoms with van der Waals surface area (Å²) < 4.78 is 3.36. The number of rotatable bonds is 3. The summed E-state index contributed by atoms with van der Waals surface area (Å²) in [5, 5.41) is 6.57. The molecule has 2 aromatic heterocycles. The standard InChI is InChI=1S/C11H13IN2S/c1-3-8(2)14-11(9(12)7-13-14)10-5-4-6-15-10/h4-8H,3H2,1-2H3. The van der Waals surface area contributed by atoms with Crippen molar-refractivity contribution < 1.29 is 0 Å². The van der Waals surface area contributed by atoms with Crippen LogP contribution in [0.2, 0.25) is 0 Å². The molecule has 80 valence electrons. The average Bonchev–Trinajstić information content (AvgIpc) is 2.85. The van der Waals surface area contributed by atoms with Crippen molar-refractivity contribution in [2.75, 3.05) is 0 Å². The average molecular weight is 332 g/mol. The van der Waals surface area contributed by atoms with Crippen LogP contribution in [0.3, 0.4) is 0 Å². The van der Waals surface area contributed by atoms with E-state index in [0.717, 1.165) is 6.42 Å². The number of nitrogens with zero attached hydrogens (tertiary/aromatic N) is 2. The highest BCUT2D eigenvalue weighted by Gasteiger charge is 2.15. The summed E-state index contributed by atoms with van der Waals surface area (Å²) in [5.74, 6) is 0. The molecule has 0 saturated carbocycles. The summed E-state index contributed by atoms with van der Waals surface area (Å²) in [7, 11) is 0. The molecule has 0 aliphatic rings. The van der Waals surface area contributed by atoms with Gasteiger partial charge >= 0.3 is 0 Å². The maximum Gasteiger partial charge on any atom is 0.0918 e. The Morgan fingerprint density at radius 2 is 2.40 bits per heavy atom. The third-order valence-electron chi connectivity index (χ3n) is 2.51. The second kappa shape index (κ2) is 4.65. The molecule has 15 heavy (non-hydrogen) atoms. The van der Waals surface area contributed by atoms with Gasteiger partial charge in [-0.15, -0.1) is 11.3 Å². The Balaban J connectivity index is 2.50. The zero-order valence-electron chi connectivity index (χ0n) is 8.77. The number of halogens is 1. The summed E-state index contributed by atoms with van der Waals surface area (Å²) in [6.45, 7) is 4.40. The van der Waals surface area contributed by atoms with E-state index in [1.54, 1.807) is 11.3 Å². The van der Waals surface area contributed by atoms with Gasteiger partial charge in [-0.3, -0.25) is 4.68 Å². The fourth-order valence-electron chi connectivity index (χ4n) is 1.49. The molecular weight excluding hydrogens is 319 g/mol. The minimum atomic E-state index is 0.464. The molecular formula is C11H13IN2S. The van der Waals surface area contributed by atoms with Crippen LogP contribution in [0.15, 0.2) is 23.7 Å². The van der Waals surface area contributed by atoms with Crippen LogP contribution in [-0.4, -0.2) is 9.78 Å². The van der Waals surface area contributed by atoms with Crippen LogP contribution in [0.5, 0.6) is 0 Å². The molecule has 0 spiro atoms. The first-order chi connectivity index (χ1) is 7.24. The van der Waals surface area contributed by atoms with Crippen LogP contribution in [0.4, 0.5) is 0 Å². The van der Waals surface area contributed by atoms with Gasteiger partial charge in [-0.1, -0.05) is 13.0 Å². The highest BCUT2D eigenvalue weighted by Crippen LogP contribution is 2.31. The number of hydrogen-bond donors (Lipinski definition) is 0. The van der Waals surface area contributed by atoms with Crippen molar-refractivity contribution in [2.45, 2.75) is 26.3 Å². The molecule has 2 rings (SSSR count). The second-order valence-electron chi connectivity index (χ2n) is 3.52. The maximum absolute atomic E-state index is 4.46. The Hall–Kier alpha value is -0.360. The molecule has 0 aromatic carbocycles. The summed E-state index contributed by atoms with van der Waals surface area (Å²) in [5.41, 5.74) is 1.26. The molecule has 2 aromatic rings. The van der Waals surface area contributed by atoms with E-state index in [-0.39, 0.29) is 0 Å². The maximum atomic E-state index is 4.46. The molecule has 1 atom stereocenters. The van der Waals surface area contributed by atoms with Gasteiger partial charge in [0.1, 0.15) is 0 Å². The van der Waals surface area contributed by atoms with E-state index in [0.29, 0.717) is 6.04 Å². The molecule has 0 saturated heterocycles. The Morgan fingerprint density at radius 1 is 1.60 bits per heavy atom. The SMILES string of the molecule is CCC(C)n1ncc(I)c1-c1cccs1. The van der Waals surface area contributed by atoms with Gasteiger partial charge in [-0.25, -0.2) is 0 Å². The van der Waals surface area contributed by atoms with E-state index in [9.17, 15) is 0 Å². The minimum Gasteiger partial charge on any atom is -0.260 e. The first kappa shape index (κ1) is 11.1. The fraction of sp³-hybridized carbons (Fsp3) is 0.364. The topological polar surface area (TPSA) is 17.8 Å². The Labute approximate surface area is 107 Å². The van der Waals surface area contributed by atoms with Crippen molar-refractivity contribution in [3.8, 4) is 10.6 Å². The van der Waals surface area contributed by atoms with E-state index < -0.39 is 0 Å². The van der Waals surface area contributed by atoms with Crippen molar-refractivity contribution in [1.82, 2.24) is 9.78 Å². The first-order valence-electron chi connectivity index (χ1n) is 5.01. The lowest BCUT2D eigenvalue weighted by Crippen LogP contribution is -2.07. The van der Waals surface area contributed by atoms with Gasteiger partial charge in [0.2, 0.25) is 0 Å². The predicted molar refractivity (Wildman–Crippen MR) is 73.3 cm³/mol. The molecule has 0 N–H and O–H groups in total. The van der Waals surface area contributed by atoms with Crippen LogP contribution in [0.25, 0.3) is 10.6 Å². The molecule has 2 heterocycles. The van der Waals surface area contributed by atoms with Gasteiger partial charge in [0.15, 0.2) is 0 Å². The van der Waals surface area contributed by atoms with Crippen LogP contribution in [-0.2, 0) is 0 Å². The van der Waals surface area contributed by atoms with E-state index >= 15 is 0 Å². The lowest BCUT2D eigenvalue weighted by Gasteiger charge is -2.12. The number of thiophene rings is 1. The van der Waals surface area contributed by atoms with E-state index in [1.165, 1.54) is 14.1 Å². The highest BCUT2D eigenvalue weighted by molar-refractivity contribution is 14.1. The quantitative estimate of drug-likeness (QED) is 0.771. The van der Waals surface area contributed by atoms with Gasteiger partial charge in [-0.05, 0) is 47.4 Å². The van der Waals surface area contributed by atoms with Crippen LogP contribution < -0.4 is 0 Å². The van der Waals surface area contributed by atoms with Gasteiger partial charge in [0.25, 0.3) is 0 Å². The van der Waals surface area contributed by atoms with Crippen molar-refractivity contribution in [3.63, 3.8) is 0 Å². The Kier molecular flexibility index (Phi) is 3.45. The molecule has 1 unspecified atom stereocenters. The van der Waals surface area contributed by atoms with Gasteiger partial charge in [0.05, 0.1) is 20.3 Å². The van der Waals surface area contributed by atoms with E-state index in [4.69, 9.17) is 0 Å². The second-order valence-corrected chi connectivity index (χ2v) is 5.63. The van der Waals surface area contributed by atoms with E-state index in [1.807, 2.05) is 6.20 Å². The van der Waals surface area contributed by atoms with Crippen molar-refractivity contribution in [1.29, 1.82) is 0 Å². The number of aromatic nitrogens is 2. The van der Waals surface area contributed by atoms with Gasteiger partial charge in [0, 0.05) is 6.04 Å². The van der Waals surface area contributed by atoms with Gasteiger partial charge in [-0.2, -0.15) is 5.10 Å². The molecule has 0 amide bonds. The summed E-state index contributed by atoms with van der Waals surface area (Å²) in [4.78, 5) is 1.30. The van der Waals surface area contributed by atoms with Crippen molar-refractivity contribution in [3.05, 3.63) is 27.3 Å². The summed E-state index contributed by atoms with van der Waals surface area (Å²) >= 11 is 4.13. The predicted octanol–water partition coefficient (Wildman–Crippen LogP) is 4.19. The lowest BCUT2D eigenvalue weighted by atomic mass is 10.2. The monoisotopic (exact) mass is 332 g/mol. The first-order valence-corrected chi connectivity index (χ1v) is 6.96. The molecule has 0 aliphatic heterocycles. The summed E-state index contributed by atoms with van der Waals surface area (Å²) in [6.07, 6.45) is 3.05. The van der Waals surface area contributed by atoms with Gasteiger partial charge < -0.3 is 0 Å². The minimum absolute atomic E-state index is 0.464. The molecule has 0 bridgehead atoms. The third kappa shape index (κ3) is 2.10. The largest absolute Gasteiger partial charge is 0.260 e. The zero-order chi connectivity index (χ0) is 10.8. The van der Waals surface area contributed by atoms with Crippen LogP contribution >= 0.6 is 33.9 Å². The van der Waals surface area contributed by atoms with Crippen molar-refractivity contribution in [2.24, 2.45) is 0 Å². The molecule has 0 aliphatic carbocycles. The normalized spacial score (nSPS) is 13.0. The smallest absolute Gasteiger partial charge is 0.0918 e. The molecule has 0 radical (unpaired) electrons. The zero-order valence-corrected chi connectivity index (χ0v) is 11.7. The fourth-order valence-corrected chi connectivity index (χ4v) is 3.11. The van der Waals surface area contributed by atoms with Crippen molar-refractivity contribution >= 4 is 33.9 Å². The van der Waals surface area contributed by atoms with E-state index in [2.05, 4.69) is 63.7 Å². The molecule has 2 nitrogen and oxygen atoms in total. The van der Waals surface area contributed by atoms with Crippen LogP contribution in [0.1, 0.15) is 26.3 Å². The Bertz CT molecular complexity index is 433. The van der Waals surface area contributed by atoms with Crippen LogP contribution in [0, 0.1) is 3.57 Å². The highest BCUT2D eigenvalue weighted by atomic mass is 127. The lowest BCUT2D eigenvalue weighted by molar-refractivity contribution is 0.483. The third-order valence-corrected chi connectivity index (χ3v) is 4.18. The molecule has 0 fully saturated rings. The summed E-state index contributed by atoms with van der Waals surface area (Å²) in [6, 6.07) is 4.71. The Morgan fingerprint density at radius 3 is 3.00 bits per heavy atom.